The Kier molecular flexibility index (Phi) is 6.30. The van der Waals surface area contributed by atoms with E-state index in [2.05, 4.69) is 33.8 Å². The fraction of sp³-hybridized carbons (Fsp3) is 0.769. The molecule has 15 heavy (non-hydrogen) atoms. The molecule has 0 atom stereocenters. The summed E-state index contributed by atoms with van der Waals surface area (Å²) >= 11 is 0. The van der Waals surface area contributed by atoms with Gasteiger partial charge in [0.1, 0.15) is 5.60 Å². The summed E-state index contributed by atoms with van der Waals surface area (Å²) in [6.45, 7) is 9.82. The first-order valence-electron chi connectivity index (χ1n) is 5.78. The van der Waals surface area contributed by atoms with E-state index in [1.165, 1.54) is 12.5 Å². The lowest BCUT2D eigenvalue weighted by molar-refractivity contribution is -0.158. The zero-order valence-corrected chi connectivity index (χ0v) is 10.7. The fourth-order valence-corrected chi connectivity index (χ4v) is 1.73. The molecule has 0 aromatic heterocycles. The van der Waals surface area contributed by atoms with Gasteiger partial charge in [-0.25, -0.2) is 0 Å². The van der Waals surface area contributed by atoms with Gasteiger partial charge in [0.2, 0.25) is 0 Å². The topological polar surface area (TPSA) is 26.3 Å². The van der Waals surface area contributed by atoms with E-state index in [-0.39, 0.29) is 11.6 Å². The molecule has 0 aliphatic heterocycles. The van der Waals surface area contributed by atoms with Crippen molar-refractivity contribution in [3.8, 4) is 0 Å². The number of rotatable bonds is 6. The highest BCUT2D eigenvalue weighted by atomic mass is 16.6. The molecule has 0 saturated carbocycles. The zero-order chi connectivity index (χ0) is 11.9. The summed E-state index contributed by atoms with van der Waals surface area (Å²) in [5, 5.41) is 0. The minimum atomic E-state index is -0.252. The number of carbonyl (C=O) groups is 1. The molecule has 0 rings (SSSR count). The van der Waals surface area contributed by atoms with Crippen molar-refractivity contribution in [2.75, 3.05) is 0 Å². The lowest BCUT2D eigenvalue weighted by Gasteiger charge is -2.30. The molecule has 0 N–H and O–H groups in total. The Morgan fingerprint density at radius 1 is 1.20 bits per heavy atom. The summed E-state index contributed by atoms with van der Waals surface area (Å²) in [6.07, 6.45) is 5.88. The normalized spacial score (nSPS) is 11.0. The third kappa shape index (κ3) is 5.60. The van der Waals surface area contributed by atoms with Gasteiger partial charge < -0.3 is 4.74 Å². The summed E-state index contributed by atoms with van der Waals surface area (Å²) in [7, 11) is 0. The van der Waals surface area contributed by atoms with Crippen molar-refractivity contribution in [2.45, 2.75) is 65.9 Å². The van der Waals surface area contributed by atoms with Crippen LogP contribution in [0.2, 0.25) is 0 Å². The Morgan fingerprint density at radius 2 is 1.73 bits per heavy atom. The maximum atomic E-state index is 11.0. The lowest BCUT2D eigenvalue weighted by Crippen LogP contribution is -2.32. The smallest absolute Gasteiger partial charge is 0.303 e. The third-order valence-corrected chi connectivity index (χ3v) is 2.80. The van der Waals surface area contributed by atoms with E-state index < -0.39 is 0 Å². The molecule has 2 nitrogen and oxygen atoms in total. The fourth-order valence-electron chi connectivity index (χ4n) is 1.73. The number of allylic oxidation sites excluding steroid dienone is 2. The molecule has 0 aromatic rings. The van der Waals surface area contributed by atoms with Crippen LogP contribution in [0, 0.1) is 0 Å². The second-order valence-electron chi connectivity index (χ2n) is 4.30. The van der Waals surface area contributed by atoms with Gasteiger partial charge in [-0.15, -0.1) is 0 Å². The quantitative estimate of drug-likeness (QED) is 0.493. The van der Waals surface area contributed by atoms with Crippen LogP contribution in [0.5, 0.6) is 0 Å². The van der Waals surface area contributed by atoms with Crippen LogP contribution in [0.25, 0.3) is 0 Å². The molecule has 0 heterocycles. The average molecular weight is 212 g/mol. The minimum Gasteiger partial charge on any atom is -0.459 e. The van der Waals surface area contributed by atoms with Crippen LogP contribution >= 0.6 is 0 Å². The van der Waals surface area contributed by atoms with Crippen molar-refractivity contribution < 1.29 is 9.53 Å². The van der Waals surface area contributed by atoms with Gasteiger partial charge in [-0.1, -0.05) is 25.5 Å². The largest absolute Gasteiger partial charge is 0.459 e. The first-order valence-corrected chi connectivity index (χ1v) is 5.78. The number of hydrogen-bond acceptors (Lipinski definition) is 2. The van der Waals surface area contributed by atoms with Gasteiger partial charge in [0.25, 0.3) is 0 Å². The van der Waals surface area contributed by atoms with E-state index in [0.29, 0.717) is 0 Å². The lowest BCUT2D eigenvalue weighted by atomic mass is 9.91. The second-order valence-corrected chi connectivity index (χ2v) is 4.30. The van der Waals surface area contributed by atoms with Crippen LogP contribution in [0.15, 0.2) is 11.6 Å². The molecule has 0 unspecified atom stereocenters. The molecule has 0 fully saturated rings. The second kappa shape index (κ2) is 6.65. The Morgan fingerprint density at radius 3 is 2.07 bits per heavy atom. The molecule has 0 saturated heterocycles. The number of hydrogen-bond donors (Lipinski definition) is 0. The van der Waals surface area contributed by atoms with Crippen LogP contribution in [0.1, 0.15) is 60.3 Å². The van der Waals surface area contributed by atoms with Gasteiger partial charge in [-0.05, 0) is 39.5 Å². The average Bonchev–Trinajstić information content (AvgIpc) is 2.15. The molecule has 0 radical (unpaired) electrons. The molecule has 2 heteroatoms. The number of carbonyl (C=O) groups excluding carboxylic acids is 1. The van der Waals surface area contributed by atoms with Gasteiger partial charge >= 0.3 is 5.97 Å². The van der Waals surface area contributed by atoms with Gasteiger partial charge in [-0.3, -0.25) is 4.79 Å². The van der Waals surface area contributed by atoms with E-state index >= 15 is 0 Å². The summed E-state index contributed by atoms with van der Waals surface area (Å²) in [6, 6.07) is 0. The molecule has 0 aliphatic carbocycles. The van der Waals surface area contributed by atoms with E-state index in [0.717, 1.165) is 25.7 Å². The van der Waals surface area contributed by atoms with Crippen LogP contribution < -0.4 is 0 Å². The standard InChI is InChI=1S/C13H24O2/c1-6-13(7-2,15-12(5)14)10-8-9-11(3)4/h9H,6-8,10H2,1-5H3. The number of ether oxygens (including phenoxy) is 1. The summed E-state index contributed by atoms with van der Waals surface area (Å²) in [4.78, 5) is 11.0. The first kappa shape index (κ1) is 14.2. The number of esters is 1. The highest BCUT2D eigenvalue weighted by molar-refractivity contribution is 5.66. The Bertz CT molecular complexity index is 221. The summed E-state index contributed by atoms with van der Waals surface area (Å²) in [5.41, 5.74) is 1.07. The van der Waals surface area contributed by atoms with Gasteiger partial charge in [0.05, 0.1) is 0 Å². The highest BCUT2D eigenvalue weighted by Gasteiger charge is 2.28. The molecule has 88 valence electrons. The van der Waals surface area contributed by atoms with Crippen molar-refractivity contribution >= 4 is 5.97 Å². The van der Waals surface area contributed by atoms with E-state index in [1.807, 2.05) is 0 Å². The van der Waals surface area contributed by atoms with E-state index in [1.54, 1.807) is 0 Å². The van der Waals surface area contributed by atoms with Crippen LogP contribution in [-0.4, -0.2) is 11.6 Å². The highest BCUT2D eigenvalue weighted by Crippen LogP contribution is 2.27. The maximum absolute atomic E-state index is 11.0. The van der Waals surface area contributed by atoms with Crippen LogP contribution in [-0.2, 0) is 9.53 Å². The van der Waals surface area contributed by atoms with Crippen molar-refractivity contribution in [1.82, 2.24) is 0 Å². The van der Waals surface area contributed by atoms with Gasteiger partial charge in [0, 0.05) is 6.92 Å². The molecule has 0 amide bonds. The summed E-state index contributed by atoms with van der Waals surface area (Å²) < 4.78 is 5.45. The molecule has 0 spiro atoms. The zero-order valence-electron chi connectivity index (χ0n) is 10.7. The monoisotopic (exact) mass is 212 g/mol. The van der Waals surface area contributed by atoms with Crippen molar-refractivity contribution in [2.24, 2.45) is 0 Å². The van der Waals surface area contributed by atoms with Crippen molar-refractivity contribution in [1.29, 1.82) is 0 Å². The SMILES string of the molecule is CCC(CC)(CCC=C(C)C)OC(C)=O. The predicted octanol–water partition coefficient (Wildman–Crippen LogP) is 3.85. The molecular weight excluding hydrogens is 188 g/mol. The third-order valence-electron chi connectivity index (χ3n) is 2.80. The van der Waals surface area contributed by atoms with Gasteiger partial charge in [-0.2, -0.15) is 0 Å². The molecule has 0 aliphatic rings. The Labute approximate surface area is 93.7 Å². The minimum absolute atomic E-state index is 0.170. The Balaban J connectivity index is 4.36. The van der Waals surface area contributed by atoms with Crippen molar-refractivity contribution in [3.63, 3.8) is 0 Å². The summed E-state index contributed by atoms with van der Waals surface area (Å²) in [5.74, 6) is -0.170. The Hall–Kier alpha value is -0.790. The predicted molar refractivity (Wildman–Crippen MR) is 63.7 cm³/mol. The van der Waals surface area contributed by atoms with Gasteiger partial charge in [0.15, 0.2) is 0 Å². The van der Waals surface area contributed by atoms with Crippen LogP contribution in [0.4, 0.5) is 0 Å². The van der Waals surface area contributed by atoms with Crippen molar-refractivity contribution in [3.05, 3.63) is 11.6 Å². The molecule has 0 aromatic carbocycles. The molecular formula is C13H24O2. The maximum Gasteiger partial charge on any atom is 0.303 e. The van der Waals surface area contributed by atoms with E-state index in [4.69, 9.17) is 4.74 Å². The van der Waals surface area contributed by atoms with Crippen LogP contribution in [0.3, 0.4) is 0 Å². The first-order chi connectivity index (χ1) is 6.95. The van der Waals surface area contributed by atoms with E-state index in [9.17, 15) is 4.79 Å². The molecule has 0 bridgehead atoms.